The van der Waals surface area contributed by atoms with E-state index in [4.69, 9.17) is 4.74 Å². The number of β-amino-alcohol motifs (C(OH)–C–C–N with tert-alkyl or cyclic N) is 1. The van der Waals surface area contributed by atoms with Crippen LogP contribution in [0.4, 0.5) is 4.39 Å². The molecule has 5 rings (SSSR count). The highest BCUT2D eigenvalue weighted by molar-refractivity contribution is 7.18. The van der Waals surface area contributed by atoms with E-state index < -0.39 is 6.10 Å². The Morgan fingerprint density at radius 1 is 1.11 bits per heavy atom. The van der Waals surface area contributed by atoms with E-state index in [-0.39, 0.29) is 12.4 Å². The van der Waals surface area contributed by atoms with E-state index in [0.29, 0.717) is 6.54 Å². The number of halogens is 1. The predicted molar refractivity (Wildman–Crippen MR) is 141 cm³/mol. The molecule has 7 nitrogen and oxygen atoms in total. The lowest BCUT2D eigenvalue weighted by Gasteiger charge is -2.35. The molecule has 0 spiro atoms. The van der Waals surface area contributed by atoms with Gasteiger partial charge < -0.3 is 14.7 Å². The first-order chi connectivity index (χ1) is 17.6. The summed E-state index contributed by atoms with van der Waals surface area (Å²) in [5.41, 5.74) is 4.02. The number of rotatable bonds is 10. The quantitative estimate of drug-likeness (QED) is 0.337. The minimum Gasteiger partial charge on any atom is -0.491 e. The van der Waals surface area contributed by atoms with Crippen molar-refractivity contribution >= 4 is 21.6 Å². The van der Waals surface area contributed by atoms with Crippen molar-refractivity contribution in [3.05, 3.63) is 65.2 Å². The Morgan fingerprint density at radius 2 is 1.89 bits per heavy atom. The SMILES string of the molecule is CCc1nc2cc(OC[C@H](O)CN3CCN(CCc4[nH]ncc4-c4ccc(F)cc4)CC3)ccc2s1. The van der Waals surface area contributed by atoms with Gasteiger partial charge in [-0.1, -0.05) is 19.1 Å². The number of hydrogen-bond acceptors (Lipinski definition) is 7. The van der Waals surface area contributed by atoms with Gasteiger partial charge in [0.25, 0.3) is 0 Å². The van der Waals surface area contributed by atoms with Crippen LogP contribution in [0.3, 0.4) is 0 Å². The number of piperazine rings is 1. The Morgan fingerprint density at radius 3 is 2.67 bits per heavy atom. The molecule has 2 aromatic heterocycles. The molecule has 3 heterocycles. The Labute approximate surface area is 214 Å². The normalized spacial score (nSPS) is 16.0. The largest absolute Gasteiger partial charge is 0.491 e. The van der Waals surface area contributed by atoms with Gasteiger partial charge in [-0.05, 0) is 36.2 Å². The van der Waals surface area contributed by atoms with Crippen molar-refractivity contribution < 1.29 is 14.2 Å². The van der Waals surface area contributed by atoms with Crippen LogP contribution in [0.25, 0.3) is 21.3 Å². The molecule has 9 heteroatoms. The molecule has 0 unspecified atom stereocenters. The molecule has 36 heavy (non-hydrogen) atoms. The van der Waals surface area contributed by atoms with E-state index in [1.165, 1.54) is 12.1 Å². The van der Waals surface area contributed by atoms with Crippen molar-refractivity contribution in [2.75, 3.05) is 45.9 Å². The standard InChI is InChI=1S/C27H32FN5O2S/c1-2-27-30-25-15-22(7-8-26(25)36-27)35-18-21(34)17-33-13-11-32(12-14-33)10-9-24-23(16-29-31-24)19-3-5-20(28)6-4-19/h3-8,15-16,21,34H,2,9-14,17-18H2,1H3,(H,29,31)/t21-/m1/s1. The minimum absolute atomic E-state index is 0.235. The van der Waals surface area contributed by atoms with Crippen molar-refractivity contribution in [1.29, 1.82) is 0 Å². The number of H-pyrrole nitrogens is 1. The highest BCUT2D eigenvalue weighted by Crippen LogP contribution is 2.26. The number of nitrogens with zero attached hydrogens (tertiary/aromatic N) is 4. The molecule has 1 aliphatic rings. The monoisotopic (exact) mass is 509 g/mol. The molecular weight excluding hydrogens is 477 g/mol. The molecule has 1 fully saturated rings. The molecule has 0 radical (unpaired) electrons. The summed E-state index contributed by atoms with van der Waals surface area (Å²) in [5, 5.41) is 19.0. The molecule has 0 saturated carbocycles. The number of aliphatic hydroxyl groups is 1. The van der Waals surface area contributed by atoms with Gasteiger partial charge in [0.05, 0.1) is 21.4 Å². The van der Waals surface area contributed by atoms with Crippen LogP contribution in [-0.4, -0.2) is 82.1 Å². The third kappa shape index (κ3) is 6.10. The van der Waals surface area contributed by atoms with Gasteiger partial charge in [-0.2, -0.15) is 5.10 Å². The molecule has 2 aromatic carbocycles. The fourth-order valence-electron chi connectivity index (χ4n) is 4.59. The van der Waals surface area contributed by atoms with Crippen LogP contribution in [0.2, 0.25) is 0 Å². The molecule has 1 atom stereocenters. The van der Waals surface area contributed by atoms with Crippen LogP contribution >= 0.6 is 11.3 Å². The van der Waals surface area contributed by atoms with Crippen LogP contribution in [0, 0.1) is 5.82 Å². The Hall–Kier alpha value is -2.85. The molecule has 4 aromatic rings. The maximum atomic E-state index is 13.3. The summed E-state index contributed by atoms with van der Waals surface area (Å²) in [4.78, 5) is 9.34. The summed E-state index contributed by atoms with van der Waals surface area (Å²) < 4.78 is 20.3. The van der Waals surface area contributed by atoms with Gasteiger partial charge in [0.15, 0.2) is 0 Å². The van der Waals surface area contributed by atoms with E-state index >= 15 is 0 Å². The highest BCUT2D eigenvalue weighted by Gasteiger charge is 2.20. The number of benzene rings is 2. The minimum atomic E-state index is -0.544. The van der Waals surface area contributed by atoms with E-state index in [0.717, 1.165) is 83.4 Å². The van der Waals surface area contributed by atoms with E-state index in [1.807, 2.05) is 18.2 Å². The smallest absolute Gasteiger partial charge is 0.123 e. The summed E-state index contributed by atoms with van der Waals surface area (Å²) in [6.07, 6.45) is 3.05. The second-order valence-corrected chi connectivity index (χ2v) is 10.3. The lowest BCUT2D eigenvalue weighted by Crippen LogP contribution is -2.49. The average molecular weight is 510 g/mol. The number of aryl methyl sites for hydroxylation is 1. The molecule has 1 aliphatic heterocycles. The van der Waals surface area contributed by atoms with Gasteiger partial charge in [0.2, 0.25) is 0 Å². The third-order valence-electron chi connectivity index (χ3n) is 6.63. The fraction of sp³-hybridized carbons (Fsp3) is 0.407. The lowest BCUT2D eigenvalue weighted by molar-refractivity contribution is 0.0463. The molecule has 0 bridgehead atoms. The maximum Gasteiger partial charge on any atom is 0.123 e. The first-order valence-electron chi connectivity index (χ1n) is 12.5. The number of ether oxygens (including phenoxy) is 1. The van der Waals surface area contributed by atoms with Crippen molar-refractivity contribution in [1.82, 2.24) is 25.0 Å². The number of thiazole rings is 1. The topological polar surface area (TPSA) is 77.5 Å². The highest BCUT2D eigenvalue weighted by atomic mass is 32.1. The number of fused-ring (bicyclic) bond motifs is 1. The van der Waals surface area contributed by atoms with Gasteiger partial charge in [-0.15, -0.1) is 11.3 Å². The molecule has 1 saturated heterocycles. The molecule has 190 valence electrons. The summed E-state index contributed by atoms with van der Waals surface area (Å²) in [6.45, 7) is 7.63. The van der Waals surface area contributed by atoms with Gasteiger partial charge >= 0.3 is 0 Å². The van der Waals surface area contributed by atoms with Crippen molar-refractivity contribution in [3.63, 3.8) is 0 Å². The van der Waals surface area contributed by atoms with Gasteiger partial charge in [-0.3, -0.25) is 10.00 Å². The molecule has 0 aliphatic carbocycles. The third-order valence-corrected chi connectivity index (χ3v) is 7.81. The van der Waals surface area contributed by atoms with E-state index in [1.54, 1.807) is 29.7 Å². The van der Waals surface area contributed by atoms with Gasteiger partial charge in [0, 0.05) is 63.0 Å². The fourth-order valence-corrected chi connectivity index (χ4v) is 5.47. The number of hydrogen-bond donors (Lipinski definition) is 2. The number of nitrogens with one attached hydrogen (secondary N) is 1. The number of aromatic amines is 1. The second kappa shape index (κ2) is 11.5. The molecule has 2 N–H and O–H groups in total. The Bertz CT molecular complexity index is 1270. The van der Waals surface area contributed by atoms with Gasteiger partial charge in [-0.25, -0.2) is 9.37 Å². The van der Waals surface area contributed by atoms with Crippen LogP contribution in [0.5, 0.6) is 5.75 Å². The van der Waals surface area contributed by atoms with Crippen molar-refractivity contribution in [3.8, 4) is 16.9 Å². The molecule has 0 amide bonds. The lowest BCUT2D eigenvalue weighted by atomic mass is 10.0. The number of aliphatic hydroxyl groups excluding tert-OH is 1. The maximum absolute atomic E-state index is 13.3. The Kier molecular flexibility index (Phi) is 7.91. The summed E-state index contributed by atoms with van der Waals surface area (Å²) >= 11 is 1.71. The second-order valence-electron chi connectivity index (χ2n) is 9.22. The zero-order valence-corrected chi connectivity index (χ0v) is 21.3. The van der Waals surface area contributed by atoms with Crippen LogP contribution in [0.15, 0.2) is 48.7 Å². The van der Waals surface area contributed by atoms with Crippen molar-refractivity contribution in [2.24, 2.45) is 0 Å². The van der Waals surface area contributed by atoms with Crippen LogP contribution < -0.4 is 4.74 Å². The number of aromatic nitrogens is 3. The summed E-state index contributed by atoms with van der Waals surface area (Å²) in [6, 6.07) is 12.5. The molecular formula is C27H32FN5O2S. The van der Waals surface area contributed by atoms with Crippen molar-refractivity contribution in [2.45, 2.75) is 25.9 Å². The van der Waals surface area contributed by atoms with Crippen LogP contribution in [0.1, 0.15) is 17.6 Å². The Balaban J connectivity index is 1.04. The van der Waals surface area contributed by atoms with Crippen LogP contribution in [-0.2, 0) is 12.8 Å². The van der Waals surface area contributed by atoms with E-state index in [2.05, 4.69) is 31.9 Å². The first-order valence-corrected chi connectivity index (χ1v) is 13.3. The summed E-state index contributed by atoms with van der Waals surface area (Å²) in [5.74, 6) is 0.513. The zero-order valence-electron chi connectivity index (χ0n) is 20.5. The average Bonchev–Trinajstić information content (AvgIpc) is 3.54. The van der Waals surface area contributed by atoms with Gasteiger partial charge in [0.1, 0.15) is 24.3 Å². The summed E-state index contributed by atoms with van der Waals surface area (Å²) in [7, 11) is 0. The first kappa shape index (κ1) is 24.8. The van der Waals surface area contributed by atoms with E-state index in [9.17, 15) is 9.50 Å². The zero-order chi connectivity index (χ0) is 24.9. The predicted octanol–water partition coefficient (Wildman–Crippen LogP) is 3.99.